The molecular formula is C26H21F3N6O2. The smallest absolute Gasteiger partial charge is 0.378 e. The van der Waals surface area contributed by atoms with Crippen LogP contribution in [0.4, 0.5) is 24.5 Å². The fourth-order valence-electron chi connectivity index (χ4n) is 4.49. The van der Waals surface area contributed by atoms with Gasteiger partial charge in [0.2, 0.25) is 0 Å². The van der Waals surface area contributed by atoms with Crippen LogP contribution in [0.25, 0.3) is 33.3 Å². The molecule has 11 heteroatoms. The van der Waals surface area contributed by atoms with Crippen molar-refractivity contribution >= 4 is 39.2 Å². The Kier molecular flexibility index (Phi) is 5.56. The third-order valence-electron chi connectivity index (χ3n) is 6.37. The predicted octanol–water partition coefficient (Wildman–Crippen LogP) is 5.21. The maximum absolute atomic E-state index is 13.9. The lowest BCUT2D eigenvalue weighted by molar-refractivity contribution is -0.137. The number of nitrogens with zero attached hydrogens (tertiary/aromatic N) is 3. The fourth-order valence-corrected chi connectivity index (χ4v) is 4.49. The first-order valence-electron chi connectivity index (χ1n) is 11.6. The summed E-state index contributed by atoms with van der Waals surface area (Å²) in [7, 11) is 0. The second-order valence-electron chi connectivity index (χ2n) is 8.77. The van der Waals surface area contributed by atoms with Crippen LogP contribution in [-0.2, 0) is 10.9 Å². The van der Waals surface area contributed by atoms with Gasteiger partial charge in [-0.3, -0.25) is 9.89 Å². The molecule has 1 aliphatic rings. The number of benzene rings is 3. The molecule has 0 atom stereocenters. The molecule has 6 rings (SSSR count). The van der Waals surface area contributed by atoms with Crippen molar-refractivity contribution < 1.29 is 22.7 Å². The molecule has 3 aromatic carbocycles. The first-order valence-corrected chi connectivity index (χ1v) is 11.6. The average Bonchev–Trinajstić information content (AvgIpc) is 3.54. The van der Waals surface area contributed by atoms with Crippen LogP contribution in [0, 0.1) is 0 Å². The number of carbonyl (C=O) groups excluding carboxylic acids is 1. The molecule has 0 spiro atoms. The number of aromatic amines is 2. The van der Waals surface area contributed by atoms with Gasteiger partial charge in [-0.05, 0) is 42.5 Å². The molecule has 37 heavy (non-hydrogen) atoms. The maximum Gasteiger partial charge on any atom is 0.418 e. The summed E-state index contributed by atoms with van der Waals surface area (Å²) in [5.74, 6) is 0.00216. The molecule has 0 bridgehead atoms. The number of carbonyl (C=O) groups is 1. The van der Waals surface area contributed by atoms with Crippen molar-refractivity contribution in [2.75, 3.05) is 36.5 Å². The van der Waals surface area contributed by atoms with E-state index in [4.69, 9.17) is 4.74 Å². The standard InChI is InChI=1S/C26H21F3N6O2/c27-26(28,29)19-11-16(3-6-23(19)35-7-9-37-10-8-35)25(36)31-18-4-5-20-22(13-18)33-24(32-20)15-1-2-17-14-30-34-21(17)12-15/h1-6,11-14H,7-10H2,(H,30,34)(H,31,36)(H,32,33). The highest BCUT2D eigenvalue weighted by molar-refractivity contribution is 6.05. The number of nitrogens with one attached hydrogen (secondary N) is 3. The lowest BCUT2D eigenvalue weighted by Crippen LogP contribution is -2.37. The van der Waals surface area contributed by atoms with Gasteiger partial charge in [0, 0.05) is 41.0 Å². The van der Waals surface area contributed by atoms with Gasteiger partial charge in [-0.25, -0.2) is 4.98 Å². The van der Waals surface area contributed by atoms with E-state index in [0.29, 0.717) is 43.3 Å². The molecule has 5 aromatic rings. The molecule has 2 aromatic heterocycles. The number of aromatic nitrogens is 4. The van der Waals surface area contributed by atoms with E-state index in [1.807, 2.05) is 18.2 Å². The summed E-state index contributed by atoms with van der Waals surface area (Å²) < 4.78 is 46.8. The first-order chi connectivity index (χ1) is 17.8. The van der Waals surface area contributed by atoms with Crippen LogP contribution in [0.15, 0.2) is 60.8 Å². The largest absolute Gasteiger partial charge is 0.418 e. The summed E-state index contributed by atoms with van der Waals surface area (Å²) >= 11 is 0. The third-order valence-corrected chi connectivity index (χ3v) is 6.37. The number of fused-ring (bicyclic) bond motifs is 2. The van der Waals surface area contributed by atoms with Crippen LogP contribution in [0.5, 0.6) is 0 Å². The van der Waals surface area contributed by atoms with Crippen molar-refractivity contribution in [2.45, 2.75) is 6.18 Å². The van der Waals surface area contributed by atoms with E-state index >= 15 is 0 Å². The Balaban J connectivity index is 1.26. The molecule has 1 aliphatic heterocycles. The first kappa shape index (κ1) is 23.0. The van der Waals surface area contributed by atoms with E-state index in [1.165, 1.54) is 12.1 Å². The van der Waals surface area contributed by atoms with Crippen molar-refractivity contribution in [1.29, 1.82) is 0 Å². The number of rotatable bonds is 4. The summed E-state index contributed by atoms with van der Waals surface area (Å²) in [6, 6.07) is 14.6. The Hall–Kier alpha value is -4.38. The van der Waals surface area contributed by atoms with Crippen molar-refractivity contribution in [3.8, 4) is 11.4 Å². The minimum Gasteiger partial charge on any atom is -0.378 e. The lowest BCUT2D eigenvalue weighted by Gasteiger charge is -2.31. The van der Waals surface area contributed by atoms with Gasteiger partial charge in [0.1, 0.15) is 5.82 Å². The molecule has 0 radical (unpaired) electrons. The third kappa shape index (κ3) is 4.49. The number of halogens is 3. The minimum absolute atomic E-state index is 0.0474. The van der Waals surface area contributed by atoms with Crippen LogP contribution in [-0.4, -0.2) is 52.4 Å². The summed E-state index contributed by atoms with van der Waals surface area (Å²) in [5.41, 5.74) is 2.64. The number of ether oxygens (including phenoxy) is 1. The van der Waals surface area contributed by atoms with E-state index in [1.54, 1.807) is 29.3 Å². The van der Waals surface area contributed by atoms with Gasteiger partial charge in [-0.2, -0.15) is 18.3 Å². The van der Waals surface area contributed by atoms with Gasteiger partial charge in [-0.1, -0.05) is 12.1 Å². The number of hydrogen-bond acceptors (Lipinski definition) is 5. The second kappa shape index (κ2) is 8.93. The van der Waals surface area contributed by atoms with Gasteiger partial charge in [0.15, 0.2) is 0 Å². The number of anilines is 2. The Labute approximate surface area is 208 Å². The van der Waals surface area contributed by atoms with E-state index in [0.717, 1.165) is 28.0 Å². The lowest BCUT2D eigenvalue weighted by atomic mass is 10.1. The number of imidazole rings is 1. The van der Waals surface area contributed by atoms with Crippen molar-refractivity contribution in [1.82, 2.24) is 20.2 Å². The summed E-state index contributed by atoms with van der Waals surface area (Å²) in [6.07, 6.45) is -2.87. The zero-order valence-electron chi connectivity index (χ0n) is 19.4. The van der Waals surface area contributed by atoms with Gasteiger partial charge < -0.3 is 19.9 Å². The molecule has 3 heterocycles. The molecule has 8 nitrogen and oxygen atoms in total. The van der Waals surface area contributed by atoms with Crippen molar-refractivity contribution in [3.63, 3.8) is 0 Å². The highest BCUT2D eigenvalue weighted by atomic mass is 19.4. The quantitative estimate of drug-likeness (QED) is 0.311. The van der Waals surface area contributed by atoms with Crippen LogP contribution in [0.2, 0.25) is 0 Å². The fraction of sp³-hybridized carbons (Fsp3) is 0.192. The number of alkyl halides is 3. The Morgan fingerprint density at radius 2 is 1.84 bits per heavy atom. The highest BCUT2D eigenvalue weighted by Gasteiger charge is 2.36. The molecule has 0 unspecified atom stereocenters. The normalized spacial score (nSPS) is 14.4. The molecule has 188 valence electrons. The molecule has 0 aliphatic carbocycles. The molecule has 1 fully saturated rings. The second-order valence-corrected chi connectivity index (χ2v) is 8.77. The topological polar surface area (TPSA) is 98.9 Å². The van der Waals surface area contributed by atoms with Crippen LogP contribution in [0.3, 0.4) is 0 Å². The molecule has 1 saturated heterocycles. The summed E-state index contributed by atoms with van der Waals surface area (Å²) in [6.45, 7) is 1.43. The molecule has 0 saturated carbocycles. The average molecular weight is 506 g/mol. The monoisotopic (exact) mass is 506 g/mol. The van der Waals surface area contributed by atoms with Crippen molar-refractivity contribution in [3.05, 3.63) is 71.9 Å². The van der Waals surface area contributed by atoms with Crippen LogP contribution in [0.1, 0.15) is 15.9 Å². The Morgan fingerprint density at radius 1 is 1.00 bits per heavy atom. The highest BCUT2D eigenvalue weighted by Crippen LogP contribution is 2.38. The van der Waals surface area contributed by atoms with Gasteiger partial charge in [-0.15, -0.1) is 0 Å². The number of amides is 1. The predicted molar refractivity (Wildman–Crippen MR) is 134 cm³/mol. The Bertz CT molecular complexity index is 1620. The summed E-state index contributed by atoms with van der Waals surface area (Å²) in [4.78, 5) is 22.4. The number of H-pyrrole nitrogens is 2. The molecule has 3 N–H and O–H groups in total. The van der Waals surface area contributed by atoms with E-state index in [9.17, 15) is 18.0 Å². The van der Waals surface area contributed by atoms with Gasteiger partial charge in [0.05, 0.1) is 41.5 Å². The molecule has 1 amide bonds. The van der Waals surface area contributed by atoms with Gasteiger partial charge in [0.25, 0.3) is 5.91 Å². The SMILES string of the molecule is O=C(Nc1ccc2[nH]c(-c3ccc4cn[nH]c4c3)nc2c1)c1ccc(N2CCOCC2)c(C(F)(F)F)c1. The summed E-state index contributed by atoms with van der Waals surface area (Å²) in [5, 5.41) is 10.6. The molecular weight excluding hydrogens is 485 g/mol. The van der Waals surface area contributed by atoms with Gasteiger partial charge >= 0.3 is 6.18 Å². The Morgan fingerprint density at radius 3 is 2.65 bits per heavy atom. The maximum atomic E-state index is 13.9. The van der Waals surface area contributed by atoms with E-state index < -0.39 is 17.6 Å². The van der Waals surface area contributed by atoms with Crippen LogP contribution < -0.4 is 10.2 Å². The van der Waals surface area contributed by atoms with E-state index in [-0.39, 0.29) is 11.3 Å². The number of hydrogen-bond donors (Lipinski definition) is 3. The zero-order valence-corrected chi connectivity index (χ0v) is 19.4. The number of morpholine rings is 1. The zero-order chi connectivity index (χ0) is 25.6. The minimum atomic E-state index is -4.60. The van der Waals surface area contributed by atoms with Crippen molar-refractivity contribution in [2.24, 2.45) is 0 Å². The van der Waals surface area contributed by atoms with Crippen LogP contribution >= 0.6 is 0 Å². The van der Waals surface area contributed by atoms with E-state index in [2.05, 4.69) is 25.5 Å².